The van der Waals surface area contributed by atoms with Gasteiger partial charge in [0.15, 0.2) is 0 Å². The summed E-state index contributed by atoms with van der Waals surface area (Å²) < 4.78 is 5.99. The van der Waals surface area contributed by atoms with Crippen molar-refractivity contribution >= 4 is 0 Å². The van der Waals surface area contributed by atoms with Crippen LogP contribution in [-0.4, -0.2) is 24.2 Å². The average Bonchev–Trinajstić information content (AvgIpc) is 2.34. The molecule has 1 N–H and O–H groups in total. The fourth-order valence-corrected chi connectivity index (χ4v) is 2.50. The predicted molar refractivity (Wildman–Crippen MR) is 64.5 cm³/mol. The Bertz CT molecular complexity index is 341. The second-order valence-electron chi connectivity index (χ2n) is 4.73. The lowest BCUT2D eigenvalue weighted by molar-refractivity contribution is -0.0678. The normalized spacial score (nSPS) is 33.2. The highest BCUT2D eigenvalue weighted by molar-refractivity contribution is 5.18. The molecule has 1 saturated carbocycles. The van der Waals surface area contributed by atoms with Crippen LogP contribution in [0.4, 0.5) is 0 Å². The molecule has 1 aliphatic carbocycles. The van der Waals surface area contributed by atoms with Crippen molar-refractivity contribution in [3.05, 3.63) is 24.5 Å². The standard InChI is InChI=1S/C13H20N2O/c1-4-13(2)11(14-3)8-12(13)16-10-6-5-7-15-9-10/h5-7,9,11-12,14H,4,8H2,1-3H3. The molecule has 0 aromatic carbocycles. The van der Waals surface area contributed by atoms with E-state index >= 15 is 0 Å². The van der Waals surface area contributed by atoms with Crippen molar-refractivity contribution in [1.29, 1.82) is 0 Å². The van der Waals surface area contributed by atoms with Crippen LogP contribution in [0.5, 0.6) is 5.75 Å². The third-order valence-corrected chi connectivity index (χ3v) is 4.00. The molecule has 0 spiro atoms. The average molecular weight is 220 g/mol. The molecule has 1 aromatic rings. The first-order chi connectivity index (χ1) is 7.70. The summed E-state index contributed by atoms with van der Waals surface area (Å²) in [5, 5.41) is 3.36. The maximum atomic E-state index is 5.99. The minimum atomic E-state index is 0.241. The zero-order valence-electron chi connectivity index (χ0n) is 10.2. The molecule has 88 valence electrons. The molecular formula is C13H20N2O. The molecule has 1 fully saturated rings. The first kappa shape index (κ1) is 11.4. The topological polar surface area (TPSA) is 34.1 Å². The van der Waals surface area contributed by atoms with E-state index in [0.717, 1.165) is 18.6 Å². The highest BCUT2D eigenvalue weighted by atomic mass is 16.5. The number of nitrogens with one attached hydrogen (secondary N) is 1. The lowest BCUT2D eigenvalue weighted by Crippen LogP contribution is -2.62. The summed E-state index contributed by atoms with van der Waals surface area (Å²) in [7, 11) is 2.03. The summed E-state index contributed by atoms with van der Waals surface area (Å²) in [5.74, 6) is 0.877. The summed E-state index contributed by atoms with van der Waals surface area (Å²) in [6.45, 7) is 4.52. The van der Waals surface area contributed by atoms with Crippen LogP contribution in [0.1, 0.15) is 26.7 Å². The predicted octanol–water partition coefficient (Wildman–Crippen LogP) is 2.24. The maximum absolute atomic E-state index is 5.99. The van der Waals surface area contributed by atoms with Crippen LogP contribution >= 0.6 is 0 Å². The van der Waals surface area contributed by atoms with Gasteiger partial charge in [0.1, 0.15) is 11.9 Å². The molecule has 3 atom stereocenters. The Labute approximate surface area is 97.2 Å². The lowest BCUT2D eigenvalue weighted by Gasteiger charge is -2.53. The van der Waals surface area contributed by atoms with Gasteiger partial charge in [0.2, 0.25) is 0 Å². The highest BCUT2D eigenvalue weighted by Crippen LogP contribution is 2.45. The van der Waals surface area contributed by atoms with Gasteiger partial charge in [-0.15, -0.1) is 0 Å². The smallest absolute Gasteiger partial charge is 0.138 e. The van der Waals surface area contributed by atoms with Gasteiger partial charge in [-0.3, -0.25) is 4.98 Å². The number of rotatable bonds is 4. The molecular weight excluding hydrogens is 200 g/mol. The molecule has 1 heterocycles. The van der Waals surface area contributed by atoms with E-state index in [0.29, 0.717) is 12.1 Å². The molecule has 0 bridgehead atoms. The van der Waals surface area contributed by atoms with Crippen molar-refractivity contribution in [2.75, 3.05) is 7.05 Å². The SMILES string of the molecule is CCC1(C)C(NC)CC1Oc1cccnc1. The number of nitrogens with zero attached hydrogens (tertiary/aromatic N) is 1. The molecule has 0 amide bonds. The fraction of sp³-hybridized carbons (Fsp3) is 0.615. The Morgan fingerprint density at radius 1 is 1.62 bits per heavy atom. The zero-order chi connectivity index (χ0) is 11.6. The number of hydrogen-bond acceptors (Lipinski definition) is 3. The summed E-state index contributed by atoms with van der Waals surface area (Å²) in [4.78, 5) is 4.07. The molecule has 3 unspecified atom stereocenters. The molecule has 0 saturated heterocycles. The van der Waals surface area contributed by atoms with E-state index in [1.807, 2.05) is 19.2 Å². The quantitative estimate of drug-likeness (QED) is 0.845. The number of aromatic nitrogens is 1. The summed E-state index contributed by atoms with van der Waals surface area (Å²) in [5.41, 5.74) is 0.241. The second kappa shape index (κ2) is 4.42. The van der Waals surface area contributed by atoms with Gasteiger partial charge in [-0.2, -0.15) is 0 Å². The van der Waals surface area contributed by atoms with Crippen LogP contribution in [0.25, 0.3) is 0 Å². The van der Waals surface area contributed by atoms with Crippen LogP contribution in [0.3, 0.4) is 0 Å². The van der Waals surface area contributed by atoms with Crippen molar-refractivity contribution in [3.8, 4) is 5.75 Å². The van der Waals surface area contributed by atoms with Gasteiger partial charge in [0.25, 0.3) is 0 Å². The second-order valence-corrected chi connectivity index (χ2v) is 4.73. The van der Waals surface area contributed by atoms with Gasteiger partial charge in [-0.05, 0) is 25.6 Å². The van der Waals surface area contributed by atoms with E-state index in [1.54, 1.807) is 12.4 Å². The van der Waals surface area contributed by atoms with Crippen LogP contribution in [0.2, 0.25) is 0 Å². The van der Waals surface area contributed by atoms with E-state index in [2.05, 4.69) is 24.1 Å². The summed E-state index contributed by atoms with van der Waals surface area (Å²) >= 11 is 0. The van der Waals surface area contributed by atoms with E-state index < -0.39 is 0 Å². The highest BCUT2D eigenvalue weighted by Gasteiger charge is 2.51. The molecule has 1 aliphatic rings. The first-order valence-corrected chi connectivity index (χ1v) is 5.94. The molecule has 2 rings (SSSR count). The van der Waals surface area contributed by atoms with Crippen LogP contribution < -0.4 is 10.1 Å². The first-order valence-electron chi connectivity index (χ1n) is 5.94. The van der Waals surface area contributed by atoms with E-state index in [4.69, 9.17) is 4.74 Å². The third-order valence-electron chi connectivity index (χ3n) is 4.00. The molecule has 3 heteroatoms. The van der Waals surface area contributed by atoms with Crippen LogP contribution in [0.15, 0.2) is 24.5 Å². The number of hydrogen-bond donors (Lipinski definition) is 1. The van der Waals surface area contributed by atoms with Crippen molar-refractivity contribution in [1.82, 2.24) is 10.3 Å². The van der Waals surface area contributed by atoms with Gasteiger partial charge < -0.3 is 10.1 Å². The summed E-state index contributed by atoms with van der Waals surface area (Å²) in [6.07, 6.45) is 6.06. The maximum Gasteiger partial charge on any atom is 0.138 e. The van der Waals surface area contributed by atoms with Crippen molar-refractivity contribution in [2.45, 2.75) is 38.8 Å². The largest absolute Gasteiger partial charge is 0.488 e. The van der Waals surface area contributed by atoms with Crippen molar-refractivity contribution < 1.29 is 4.74 Å². The molecule has 1 aromatic heterocycles. The Morgan fingerprint density at radius 2 is 2.44 bits per heavy atom. The number of ether oxygens (including phenoxy) is 1. The van der Waals surface area contributed by atoms with Crippen molar-refractivity contribution in [2.24, 2.45) is 5.41 Å². The molecule has 3 nitrogen and oxygen atoms in total. The van der Waals surface area contributed by atoms with E-state index in [1.165, 1.54) is 0 Å². The monoisotopic (exact) mass is 220 g/mol. The van der Waals surface area contributed by atoms with Crippen LogP contribution in [0, 0.1) is 5.41 Å². The van der Waals surface area contributed by atoms with Crippen molar-refractivity contribution in [3.63, 3.8) is 0 Å². The Hall–Kier alpha value is -1.09. The minimum Gasteiger partial charge on any atom is -0.488 e. The van der Waals surface area contributed by atoms with Gasteiger partial charge in [0, 0.05) is 24.1 Å². The third kappa shape index (κ3) is 1.80. The number of pyridine rings is 1. The van der Waals surface area contributed by atoms with Gasteiger partial charge in [0.05, 0.1) is 6.20 Å². The molecule has 0 aliphatic heterocycles. The lowest BCUT2D eigenvalue weighted by atomic mass is 9.61. The Morgan fingerprint density at radius 3 is 3.00 bits per heavy atom. The molecule has 16 heavy (non-hydrogen) atoms. The van der Waals surface area contributed by atoms with Gasteiger partial charge >= 0.3 is 0 Å². The zero-order valence-corrected chi connectivity index (χ0v) is 10.2. The summed E-state index contributed by atoms with van der Waals surface area (Å²) in [6, 6.07) is 4.45. The fourth-order valence-electron chi connectivity index (χ4n) is 2.50. The Kier molecular flexibility index (Phi) is 3.15. The Balaban J connectivity index is 2.02. The van der Waals surface area contributed by atoms with Gasteiger partial charge in [-0.1, -0.05) is 13.8 Å². The van der Waals surface area contributed by atoms with E-state index in [-0.39, 0.29) is 5.41 Å². The molecule has 0 radical (unpaired) electrons. The van der Waals surface area contributed by atoms with Crippen LogP contribution in [-0.2, 0) is 0 Å². The minimum absolute atomic E-state index is 0.241. The van der Waals surface area contributed by atoms with E-state index in [9.17, 15) is 0 Å². The van der Waals surface area contributed by atoms with Gasteiger partial charge in [-0.25, -0.2) is 0 Å².